The van der Waals surface area contributed by atoms with Gasteiger partial charge in [0.05, 0.1) is 12.9 Å². The summed E-state index contributed by atoms with van der Waals surface area (Å²) in [6, 6.07) is 13.7. The summed E-state index contributed by atoms with van der Waals surface area (Å²) >= 11 is 5.95. The van der Waals surface area contributed by atoms with Crippen molar-refractivity contribution in [3.05, 3.63) is 64.9 Å². The molecule has 27 heavy (non-hydrogen) atoms. The van der Waals surface area contributed by atoms with Crippen molar-refractivity contribution in [3.63, 3.8) is 0 Å². The van der Waals surface area contributed by atoms with Crippen LogP contribution in [0.2, 0.25) is 5.02 Å². The summed E-state index contributed by atoms with van der Waals surface area (Å²) < 4.78 is 32.8. The van der Waals surface area contributed by atoms with E-state index in [-0.39, 0.29) is 10.9 Å². The topological polar surface area (TPSA) is 100 Å². The van der Waals surface area contributed by atoms with Crippen molar-refractivity contribution in [1.82, 2.24) is 14.8 Å². The van der Waals surface area contributed by atoms with Gasteiger partial charge in [-0.25, -0.2) is 8.42 Å². The number of benzene rings is 2. The molecule has 2 aromatic carbocycles. The number of hydrogen-bond donors (Lipinski definition) is 1. The molecule has 0 aliphatic rings. The van der Waals surface area contributed by atoms with Crippen molar-refractivity contribution < 1.29 is 13.2 Å². The molecule has 0 radical (unpaired) electrons. The van der Waals surface area contributed by atoms with E-state index in [1.54, 1.807) is 48.5 Å². The zero-order valence-electron chi connectivity index (χ0n) is 14.7. The van der Waals surface area contributed by atoms with Gasteiger partial charge in [0.15, 0.2) is 0 Å². The van der Waals surface area contributed by atoms with E-state index < -0.39 is 9.84 Å². The second kappa shape index (κ2) is 8.08. The highest BCUT2D eigenvalue weighted by atomic mass is 35.5. The Labute approximate surface area is 162 Å². The fourth-order valence-corrected chi connectivity index (χ4v) is 4.22. The first-order valence-corrected chi connectivity index (χ1v) is 10.2. The zero-order chi connectivity index (χ0) is 19.4. The molecule has 3 rings (SSSR count). The molecule has 0 spiro atoms. The van der Waals surface area contributed by atoms with Crippen LogP contribution < -0.4 is 10.5 Å². The van der Waals surface area contributed by atoms with E-state index in [1.807, 2.05) is 0 Å². The van der Waals surface area contributed by atoms with E-state index >= 15 is 0 Å². The van der Waals surface area contributed by atoms with Crippen LogP contribution in [0.15, 0.2) is 53.7 Å². The summed E-state index contributed by atoms with van der Waals surface area (Å²) in [5, 5.41) is 8.41. The Morgan fingerprint density at radius 2 is 1.89 bits per heavy atom. The molecule has 0 aliphatic carbocycles. The lowest BCUT2D eigenvalue weighted by molar-refractivity contribution is 0.414. The van der Waals surface area contributed by atoms with E-state index in [0.717, 1.165) is 0 Å². The van der Waals surface area contributed by atoms with Gasteiger partial charge in [0.2, 0.25) is 9.84 Å². The Morgan fingerprint density at radius 1 is 1.15 bits per heavy atom. The minimum absolute atomic E-state index is 0.129. The maximum Gasteiger partial charge on any atom is 0.254 e. The first kappa shape index (κ1) is 19.3. The van der Waals surface area contributed by atoms with E-state index in [1.165, 1.54) is 11.7 Å². The number of ether oxygens (including phenoxy) is 1. The molecule has 1 aromatic heterocycles. The van der Waals surface area contributed by atoms with Gasteiger partial charge in [-0.1, -0.05) is 23.7 Å². The van der Waals surface area contributed by atoms with E-state index in [0.29, 0.717) is 40.8 Å². The summed E-state index contributed by atoms with van der Waals surface area (Å²) in [6.07, 6.45) is 0.393. The van der Waals surface area contributed by atoms with Crippen LogP contribution in [0.4, 0.5) is 0 Å². The molecule has 1 heterocycles. The lowest BCUT2D eigenvalue weighted by atomic mass is 10.2. The Bertz CT molecular complexity index is 1030. The van der Waals surface area contributed by atoms with Crippen LogP contribution in [-0.2, 0) is 22.0 Å². The summed E-state index contributed by atoms with van der Waals surface area (Å²) in [5.41, 5.74) is 6.85. The van der Waals surface area contributed by atoms with Crippen LogP contribution in [0.3, 0.4) is 0 Å². The van der Waals surface area contributed by atoms with Gasteiger partial charge in [0, 0.05) is 17.1 Å². The van der Waals surface area contributed by atoms with Gasteiger partial charge < -0.3 is 10.5 Å². The predicted octanol–water partition coefficient (Wildman–Crippen LogP) is 2.40. The first-order valence-electron chi connectivity index (χ1n) is 8.20. The smallest absolute Gasteiger partial charge is 0.254 e. The van der Waals surface area contributed by atoms with Gasteiger partial charge in [-0.15, -0.1) is 10.2 Å². The third-order valence-corrected chi connectivity index (χ3v) is 5.71. The lowest BCUT2D eigenvalue weighted by Crippen LogP contribution is -2.15. The number of sulfone groups is 1. The van der Waals surface area contributed by atoms with Gasteiger partial charge in [-0.3, -0.25) is 4.57 Å². The Morgan fingerprint density at radius 3 is 2.56 bits per heavy atom. The molecule has 7 nitrogen and oxygen atoms in total. The van der Waals surface area contributed by atoms with Crippen molar-refractivity contribution in [2.24, 2.45) is 5.73 Å². The average Bonchev–Trinajstić information content (AvgIpc) is 3.07. The van der Waals surface area contributed by atoms with Crippen molar-refractivity contribution in [1.29, 1.82) is 0 Å². The number of methoxy groups -OCH3 is 1. The molecule has 0 saturated heterocycles. The largest absolute Gasteiger partial charge is 0.497 e. The third-order valence-electron chi connectivity index (χ3n) is 3.92. The summed E-state index contributed by atoms with van der Waals surface area (Å²) in [4.78, 5) is 0. The highest BCUT2D eigenvalue weighted by Crippen LogP contribution is 2.23. The number of aromatic nitrogens is 3. The van der Waals surface area contributed by atoms with Crippen LogP contribution in [0.5, 0.6) is 5.75 Å². The van der Waals surface area contributed by atoms with E-state index in [4.69, 9.17) is 22.1 Å². The predicted molar refractivity (Wildman–Crippen MR) is 103 cm³/mol. The first-order chi connectivity index (χ1) is 12.9. The Hall–Kier alpha value is -2.42. The highest BCUT2D eigenvalue weighted by molar-refractivity contribution is 7.90. The fourth-order valence-electron chi connectivity index (χ4n) is 2.69. The van der Waals surface area contributed by atoms with Gasteiger partial charge >= 0.3 is 0 Å². The molecule has 0 atom stereocenters. The van der Waals surface area contributed by atoms with Crippen LogP contribution in [0.1, 0.15) is 11.4 Å². The Kier molecular flexibility index (Phi) is 5.79. The fraction of sp³-hybridized carbons (Fsp3) is 0.222. The van der Waals surface area contributed by atoms with E-state index in [9.17, 15) is 8.42 Å². The quantitative estimate of drug-likeness (QED) is 0.646. The number of halogens is 1. The monoisotopic (exact) mass is 406 g/mol. The van der Waals surface area contributed by atoms with Gasteiger partial charge in [0.1, 0.15) is 11.6 Å². The molecule has 2 N–H and O–H groups in total. The summed E-state index contributed by atoms with van der Waals surface area (Å²) in [6.45, 7) is 0.321. The van der Waals surface area contributed by atoms with Crippen molar-refractivity contribution in [2.45, 2.75) is 17.3 Å². The molecule has 0 amide bonds. The van der Waals surface area contributed by atoms with Gasteiger partial charge in [-0.05, 0) is 48.5 Å². The molecule has 142 valence electrons. The van der Waals surface area contributed by atoms with Gasteiger partial charge in [0.25, 0.3) is 5.16 Å². The highest BCUT2D eigenvalue weighted by Gasteiger charge is 2.26. The molecule has 0 fully saturated rings. The minimum atomic E-state index is -3.76. The molecule has 0 unspecified atom stereocenters. The average molecular weight is 407 g/mol. The molecular weight excluding hydrogens is 388 g/mol. The summed E-state index contributed by atoms with van der Waals surface area (Å²) in [5.74, 6) is 0.841. The minimum Gasteiger partial charge on any atom is -0.497 e. The lowest BCUT2D eigenvalue weighted by Gasteiger charge is -2.11. The van der Waals surface area contributed by atoms with Crippen molar-refractivity contribution >= 4 is 21.4 Å². The van der Waals surface area contributed by atoms with Crippen molar-refractivity contribution in [3.8, 4) is 11.4 Å². The number of nitrogens with zero attached hydrogens (tertiary/aromatic N) is 3. The standard InChI is InChI=1S/C18H19ClN4O3S/c1-26-16-4-2-3-13(11-16)12-27(24,25)18-22-21-17(9-10-20)23(18)15-7-5-14(19)6-8-15/h2-8,11H,9-10,12,20H2,1H3. The van der Waals surface area contributed by atoms with Crippen LogP contribution in [-0.4, -0.2) is 36.8 Å². The number of hydrogen-bond acceptors (Lipinski definition) is 6. The molecule has 0 saturated carbocycles. The molecule has 0 bridgehead atoms. The van der Waals surface area contributed by atoms with E-state index in [2.05, 4.69) is 10.2 Å². The van der Waals surface area contributed by atoms with Crippen LogP contribution >= 0.6 is 11.6 Å². The molecule has 3 aromatic rings. The molecular formula is C18H19ClN4O3S. The van der Waals surface area contributed by atoms with Crippen LogP contribution in [0.25, 0.3) is 5.69 Å². The maximum absolute atomic E-state index is 13.1. The Balaban J connectivity index is 2.05. The number of nitrogens with two attached hydrogens (primary N) is 1. The zero-order valence-corrected chi connectivity index (χ0v) is 16.2. The van der Waals surface area contributed by atoms with Crippen molar-refractivity contribution in [2.75, 3.05) is 13.7 Å². The SMILES string of the molecule is COc1cccc(CS(=O)(=O)c2nnc(CCN)n2-c2ccc(Cl)cc2)c1. The normalized spacial score (nSPS) is 11.5. The second-order valence-electron chi connectivity index (χ2n) is 5.86. The van der Waals surface area contributed by atoms with Gasteiger partial charge in [-0.2, -0.15) is 0 Å². The molecule has 0 aliphatic heterocycles. The second-order valence-corrected chi connectivity index (χ2v) is 8.18. The molecule has 9 heteroatoms. The summed E-state index contributed by atoms with van der Waals surface area (Å²) in [7, 11) is -2.23. The maximum atomic E-state index is 13.1. The third kappa shape index (κ3) is 4.29. The van der Waals surface area contributed by atoms with Crippen LogP contribution in [0, 0.1) is 0 Å². The number of rotatable bonds is 7.